The molecule has 2 aromatic heterocycles. The van der Waals surface area contributed by atoms with E-state index in [1.54, 1.807) is 54.7 Å². The maximum absolute atomic E-state index is 14.1. The largest absolute Gasteiger partial charge is 0.366 e. The van der Waals surface area contributed by atoms with Crippen molar-refractivity contribution in [1.82, 2.24) is 14.9 Å². The third kappa shape index (κ3) is 6.04. The fourth-order valence-electron chi connectivity index (χ4n) is 5.01. The second-order valence-corrected chi connectivity index (χ2v) is 9.75. The van der Waals surface area contributed by atoms with E-state index in [4.69, 9.17) is 5.73 Å². The molecule has 0 aliphatic heterocycles. The molecule has 5 aromatic rings. The fraction of sp³-hybridized carbons (Fsp3) is 0.125. The summed E-state index contributed by atoms with van der Waals surface area (Å²) in [6, 6.07) is 21.2. The van der Waals surface area contributed by atoms with Crippen molar-refractivity contribution in [3.8, 4) is 11.1 Å². The summed E-state index contributed by atoms with van der Waals surface area (Å²) in [6.07, 6.45) is 1.55. The van der Waals surface area contributed by atoms with E-state index in [9.17, 15) is 23.2 Å². The van der Waals surface area contributed by atoms with Gasteiger partial charge in [0, 0.05) is 34.8 Å². The van der Waals surface area contributed by atoms with Gasteiger partial charge in [-0.25, -0.2) is 8.78 Å². The zero-order valence-electron chi connectivity index (χ0n) is 22.1. The van der Waals surface area contributed by atoms with Gasteiger partial charge in [0.25, 0.3) is 5.56 Å². The Hall–Kier alpha value is -5.18. The average molecular weight is 553 g/mol. The van der Waals surface area contributed by atoms with Gasteiger partial charge in [-0.2, -0.15) is 0 Å². The number of pyridine rings is 2. The molecule has 0 spiro atoms. The molecule has 206 valence electrons. The molecule has 0 fully saturated rings. The number of hydrogen-bond donors (Lipinski definition) is 2. The number of benzene rings is 3. The van der Waals surface area contributed by atoms with Crippen molar-refractivity contribution in [3.05, 3.63) is 135 Å². The number of nitrogens with zero attached hydrogens (tertiary/aromatic N) is 2. The van der Waals surface area contributed by atoms with Crippen LogP contribution < -0.4 is 16.6 Å². The lowest BCUT2D eigenvalue weighted by molar-refractivity contribution is -0.122. The second kappa shape index (κ2) is 11.5. The van der Waals surface area contributed by atoms with Gasteiger partial charge < -0.3 is 11.1 Å². The normalized spacial score (nSPS) is 11.8. The van der Waals surface area contributed by atoms with E-state index in [0.717, 1.165) is 17.0 Å². The molecular weight excluding hydrogens is 526 g/mol. The average Bonchev–Trinajstić information content (AvgIpc) is 2.94. The van der Waals surface area contributed by atoms with Gasteiger partial charge in [0.15, 0.2) is 0 Å². The molecule has 0 radical (unpaired) electrons. The molecule has 1 unspecified atom stereocenters. The molecule has 2 amide bonds. The zero-order valence-corrected chi connectivity index (χ0v) is 22.1. The molecule has 0 aliphatic carbocycles. The van der Waals surface area contributed by atoms with Crippen LogP contribution in [-0.2, 0) is 17.8 Å². The monoisotopic (exact) mass is 552 g/mol. The summed E-state index contributed by atoms with van der Waals surface area (Å²) in [5.74, 6) is -2.60. The molecule has 0 saturated carbocycles. The molecule has 5 rings (SSSR count). The number of carbonyl (C=O) groups excluding carboxylic acids is 2. The number of aromatic nitrogens is 2. The number of nitrogens with one attached hydrogen (secondary N) is 1. The fourth-order valence-corrected chi connectivity index (χ4v) is 5.01. The van der Waals surface area contributed by atoms with Crippen LogP contribution in [0.2, 0.25) is 0 Å². The van der Waals surface area contributed by atoms with Gasteiger partial charge in [-0.05, 0) is 66.4 Å². The van der Waals surface area contributed by atoms with Crippen LogP contribution in [0.4, 0.5) is 8.78 Å². The van der Waals surface area contributed by atoms with Gasteiger partial charge in [0.1, 0.15) is 18.2 Å². The summed E-state index contributed by atoms with van der Waals surface area (Å²) in [7, 11) is 0. The third-order valence-electron chi connectivity index (χ3n) is 6.85. The lowest BCUT2D eigenvalue weighted by Crippen LogP contribution is -2.36. The molecule has 2 heterocycles. The lowest BCUT2D eigenvalue weighted by Gasteiger charge is -2.22. The van der Waals surface area contributed by atoms with Crippen LogP contribution in [0.15, 0.2) is 95.9 Å². The number of rotatable bonds is 8. The van der Waals surface area contributed by atoms with Crippen molar-refractivity contribution < 1.29 is 18.4 Å². The first kappa shape index (κ1) is 27.4. The number of carbonyl (C=O) groups is 2. The van der Waals surface area contributed by atoms with Crippen molar-refractivity contribution in [1.29, 1.82) is 0 Å². The quantitative estimate of drug-likeness (QED) is 0.287. The highest BCUT2D eigenvalue weighted by molar-refractivity contribution is 5.94. The molecule has 7 nitrogen and oxygen atoms in total. The van der Waals surface area contributed by atoms with Crippen molar-refractivity contribution in [2.75, 3.05) is 0 Å². The van der Waals surface area contributed by atoms with Crippen LogP contribution in [0.3, 0.4) is 0 Å². The van der Waals surface area contributed by atoms with Crippen LogP contribution in [0.1, 0.15) is 33.2 Å². The second-order valence-electron chi connectivity index (χ2n) is 9.75. The topological polar surface area (TPSA) is 107 Å². The maximum atomic E-state index is 14.1. The number of halogens is 2. The molecule has 0 bridgehead atoms. The number of aryl methyl sites for hydroxylation is 1. The van der Waals surface area contributed by atoms with Gasteiger partial charge >= 0.3 is 0 Å². The van der Waals surface area contributed by atoms with E-state index in [-0.39, 0.29) is 24.1 Å². The van der Waals surface area contributed by atoms with Gasteiger partial charge in [-0.15, -0.1) is 0 Å². The SMILES string of the molecule is Cc1cc(=O)n(CC(=O)NC(Cc2cc(F)cc(F)c2)c2ncccc2-c2cccc(C(N)=O)c2)c2ccccc12. The molecule has 3 N–H and O–H groups in total. The van der Waals surface area contributed by atoms with Crippen molar-refractivity contribution >= 4 is 22.7 Å². The highest BCUT2D eigenvalue weighted by Gasteiger charge is 2.22. The van der Waals surface area contributed by atoms with Crippen LogP contribution in [0.25, 0.3) is 22.0 Å². The Kier molecular flexibility index (Phi) is 7.69. The molecule has 9 heteroatoms. The number of para-hydroxylation sites is 1. The van der Waals surface area contributed by atoms with E-state index in [1.165, 1.54) is 22.8 Å². The standard InChI is InChI=1S/C32H26F2N4O3/c1-19-12-30(40)38(28-10-3-2-8-25(19)28)18-29(39)37-27(15-20-13-23(33)17-24(34)14-20)31-26(9-5-11-36-31)21-6-4-7-22(16-21)32(35)41/h2-14,16-17,27H,15,18H2,1H3,(H2,35,41)(H,37,39). The Morgan fingerprint density at radius 2 is 1.71 bits per heavy atom. The van der Waals surface area contributed by atoms with E-state index < -0.39 is 29.5 Å². The zero-order chi connectivity index (χ0) is 29.1. The van der Waals surface area contributed by atoms with Crippen LogP contribution in [0, 0.1) is 18.6 Å². The number of fused-ring (bicyclic) bond motifs is 1. The van der Waals surface area contributed by atoms with Gasteiger partial charge in [0.05, 0.1) is 17.3 Å². The number of amides is 2. The minimum absolute atomic E-state index is 0.00346. The number of primary amides is 1. The smallest absolute Gasteiger partial charge is 0.251 e. The molecule has 41 heavy (non-hydrogen) atoms. The molecule has 0 aliphatic rings. The maximum Gasteiger partial charge on any atom is 0.251 e. The minimum Gasteiger partial charge on any atom is -0.366 e. The first-order valence-corrected chi connectivity index (χ1v) is 12.9. The summed E-state index contributed by atoms with van der Waals surface area (Å²) in [5.41, 5.74) is 8.76. The summed E-state index contributed by atoms with van der Waals surface area (Å²) in [5, 5.41) is 3.77. The molecule has 0 saturated heterocycles. The Morgan fingerprint density at radius 1 is 0.951 bits per heavy atom. The molecular formula is C32H26F2N4O3. The highest BCUT2D eigenvalue weighted by atomic mass is 19.1. The van der Waals surface area contributed by atoms with Gasteiger partial charge in [-0.1, -0.05) is 36.4 Å². The minimum atomic E-state index is -0.843. The van der Waals surface area contributed by atoms with E-state index in [2.05, 4.69) is 10.3 Å². The van der Waals surface area contributed by atoms with E-state index in [1.807, 2.05) is 19.1 Å². The van der Waals surface area contributed by atoms with Gasteiger partial charge in [0.2, 0.25) is 11.8 Å². The third-order valence-corrected chi connectivity index (χ3v) is 6.85. The Labute approximate surface area is 234 Å². The highest BCUT2D eigenvalue weighted by Crippen LogP contribution is 2.30. The summed E-state index contributed by atoms with van der Waals surface area (Å²) in [4.78, 5) is 42.7. The predicted octanol–water partition coefficient (Wildman–Crippen LogP) is 4.85. The van der Waals surface area contributed by atoms with Crippen LogP contribution >= 0.6 is 0 Å². The van der Waals surface area contributed by atoms with Crippen LogP contribution in [-0.4, -0.2) is 21.4 Å². The van der Waals surface area contributed by atoms with Crippen molar-refractivity contribution in [3.63, 3.8) is 0 Å². The van der Waals surface area contributed by atoms with E-state index in [0.29, 0.717) is 27.9 Å². The molecule has 3 aromatic carbocycles. The molecule has 1 atom stereocenters. The van der Waals surface area contributed by atoms with Crippen LogP contribution in [0.5, 0.6) is 0 Å². The first-order valence-electron chi connectivity index (χ1n) is 12.9. The summed E-state index contributed by atoms with van der Waals surface area (Å²) >= 11 is 0. The predicted molar refractivity (Wildman–Crippen MR) is 152 cm³/mol. The Balaban J connectivity index is 1.55. The Morgan fingerprint density at radius 3 is 2.46 bits per heavy atom. The first-order chi connectivity index (χ1) is 19.7. The number of nitrogens with two attached hydrogens (primary N) is 1. The summed E-state index contributed by atoms with van der Waals surface area (Å²) in [6.45, 7) is 1.55. The number of hydrogen-bond acceptors (Lipinski definition) is 4. The van der Waals surface area contributed by atoms with E-state index >= 15 is 0 Å². The lowest BCUT2D eigenvalue weighted by atomic mass is 9.94. The summed E-state index contributed by atoms with van der Waals surface area (Å²) < 4.78 is 29.6. The van der Waals surface area contributed by atoms with Crippen molar-refractivity contribution in [2.45, 2.75) is 25.9 Å². The Bertz CT molecular complexity index is 1830. The van der Waals surface area contributed by atoms with Gasteiger partial charge in [-0.3, -0.25) is 23.9 Å². The van der Waals surface area contributed by atoms with Crippen molar-refractivity contribution in [2.24, 2.45) is 5.73 Å².